The highest BCUT2D eigenvalue weighted by molar-refractivity contribution is 5.81. The Labute approximate surface area is 217 Å². The van der Waals surface area contributed by atoms with Crippen LogP contribution in [0.15, 0.2) is 67.6 Å². The van der Waals surface area contributed by atoms with Crippen LogP contribution in [0.25, 0.3) is 22.4 Å². The second-order valence-electron chi connectivity index (χ2n) is 9.55. The van der Waals surface area contributed by atoms with E-state index in [1.807, 2.05) is 22.8 Å². The molecule has 5 aromatic rings. The van der Waals surface area contributed by atoms with E-state index in [1.54, 1.807) is 24.9 Å². The average Bonchev–Trinajstić information content (AvgIpc) is 3.35. The van der Waals surface area contributed by atoms with E-state index in [4.69, 9.17) is 11.5 Å². The van der Waals surface area contributed by atoms with Crippen LogP contribution < -0.4 is 16.4 Å². The first-order chi connectivity index (χ1) is 18.4. The number of nitrogens with two attached hydrogens (primary N) is 2. The maximum atomic E-state index is 14.0. The zero-order valence-corrected chi connectivity index (χ0v) is 20.4. The number of pyridine rings is 2. The van der Waals surface area contributed by atoms with Crippen LogP contribution in [-0.4, -0.2) is 42.6 Å². The van der Waals surface area contributed by atoms with E-state index in [9.17, 15) is 8.78 Å². The number of hydrogen-bond acceptors (Lipinski definition) is 8. The summed E-state index contributed by atoms with van der Waals surface area (Å²) in [5, 5.41) is 0. The number of aromatic nitrogens is 6. The molecule has 4 aromatic heterocycles. The summed E-state index contributed by atoms with van der Waals surface area (Å²) in [4.78, 5) is 23.8. The summed E-state index contributed by atoms with van der Waals surface area (Å²) < 4.78 is 29.5. The van der Waals surface area contributed by atoms with Gasteiger partial charge in [0.15, 0.2) is 23.1 Å². The standard InChI is InChI=1S/C27H25F2N9/c28-20-3-2-17(10-21(20)29)22-11-18(13-38-16-36-24-25(30)34-15-35-26(24)38)23(12-33-22)37-9-1-6-27(31,14-37)19-4-7-32-8-5-19/h2-5,7-8,10-12,15-16H,1,6,9,13-14,31H2,(H2,30,34,35)/t27-/m1/s1. The SMILES string of the molecule is Nc1ncnc2c1ncn2Cc1cc(-c2ccc(F)c(F)c2)ncc1N1CCC[C@](N)(c2ccncc2)C1. The van der Waals surface area contributed by atoms with Gasteiger partial charge in [-0.3, -0.25) is 9.97 Å². The number of halogens is 2. The third-order valence-electron chi connectivity index (χ3n) is 7.07. The predicted molar refractivity (Wildman–Crippen MR) is 140 cm³/mol. The van der Waals surface area contributed by atoms with Gasteiger partial charge in [0, 0.05) is 31.0 Å². The lowest BCUT2D eigenvalue weighted by Crippen LogP contribution is -2.52. The minimum absolute atomic E-state index is 0.299. The summed E-state index contributed by atoms with van der Waals surface area (Å²) in [7, 11) is 0. The van der Waals surface area contributed by atoms with E-state index < -0.39 is 17.2 Å². The number of anilines is 2. The number of nitrogens with zero attached hydrogens (tertiary/aromatic N) is 7. The van der Waals surface area contributed by atoms with Gasteiger partial charge in [0.05, 0.1) is 36.0 Å². The molecule has 1 aliphatic rings. The number of fused-ring (bicyclic) bond motifs is 1. The van der Waals surface area contributed by atoms with Gasteiger partial charge in [-0.05, 0) is 60.4 Å². The molecule has 1 atom stereocenters. The highest BCUT2D eigenvalue weighted by atomic mass is 19.2. The molecule has 1 aliphatic heterocycles. The Morgan fingerprint density at radius 3 is 2.63 bits per heavy atom. The Morgan fingerprint density at radius 1 is 0.974 bits per heavy atom. The largest absolute Gasteiger partial charge is 0.382 e. The molecule has 5 heterocycles. The van der Waals surface area contributed by atoms with E-state index in [0.717, 1.165) is 48.3 Å². The molecule has 0 saturated carbocycles. The lowest BCUT2D eigenvalue weighted by molar-refractivity contribution is 0.353. The van der Waals surface area contributed by atoms with Crippen LogP contribution in [-0.2, 0) is 12.1 Å². The van der Waals surface area contributed by atoms with Crippen molar-refractivity contribution in [3.8, 4) is 11.3 Å². The lowest BCUT2D eigenvalue weighted by atomic mass is 9.83. The van der Waals surface area contributed by atoms with Crippen molar-refractivity contribution in [3.05, 3.63) is 90.4 Å². The second kappa shape index (κ2) is 9.42. The van der Waals surface area contributed by atoms with Gasteiger partial charge in [-0.25, -0.2) is 23.7 Å². The predicted octanol–water partition coefficient (Wildman–Crippen LogP) is 3.65. The molecule has 11 heteroatoms. The molecule has 0 radical (unpaired) electrons. The number of piperidine rings is 1. The van der Waals surface area contributed by atoms with Crippen molar-refractivity contribution in [2.75, 3.05) is 23.7 Å². The number of imidazole rings is 1. The highest BCUT2D eigenvalue weighted by Gasteiger charge is 2.34. The molecule has 1 fully saturated rings. The summed E-state index contributed by atoms with van der Waals surface area (Å²) in [6, 6.07) is 9.56. The van der Waals surface area contributed by atoms with Gasteiger partial charge in [0.2, 0.25) is 0 Å². The van der Waals surface area contributed by atoms with E-state index in [0.29, 0.717) is 41.3 Å². The van der Waals surface area contributed by atoms with E-state index in [2.05, 4.69) is 29.8 Å². The van der Waals surface area contributed by atoms with E-state index in [-0.39, 0.29) is 0 Å². The minimum atomic E-state index is -0.927. The molecule has 38 heavy (non-hydrogen) atoms. The maximum absolute atomic E-state index is 14.0. The van der Waals surface area contributed by atoms with Gasteiger partial charge in [-0.1, -0.05) is 0 Å². The van der Waals surface area contributed by atoms with Crippen LogP contribution in [0, 0.1) is 11.6 Å². The Bertz CT molecular complexity index is 1620. The van der Waals surface area contributed by atoms with Crippen LogP contribution in [0.1, 0.15) is 24.0 Å². The molecule has 0 aliphatic carbocycles. The van der Waals surface area contributed by atoms with Gasteiger partial charge in [0.25, 0.3) is 0 Å². The van der Waals surface area contributed by atoms with Gasteiger partial charge in [-0.15, -0.1) is 0 Å². The average molecular weight is 514 g/mol. The Kier molecular flexibility index (Phi) is 5.91. The Balaban J connectivity index is 1.43. The van der Waals surface area contributed by atoms with Crippen molar-refractivity contribution in [3.63, 3.8) is 0 Å². The van der Waals surface area contributed by atoms with Crippen LogP contribution in [0.5, 0.6) is 0 Å². The fourth-order valence-corrected chi connectivity index (χ4v) is 5.12. The first-order valence-electron chi connectivity index (χ1n) is 12.2. The number of hydrogen-bond donors (Lipinski definition) is 2. The normalized spacial score (nSPS) is 17.7. The number of benzene rings is 1. The molecule has 4 N–H and O–H groups in total. The van der Waals surface area contributed by atoms with Crippen molar-refractivity contribution < 1.29 is 8.78 Å². The lowest BCUT2D eigenvalue weighted by Gasteiger charge is -2.42. The summed E-state index contributed by atoms with van der Waals surface area (Å²) >= 11 is 0. The Hall–Kier alpha value is -4.51. The zero-order chi connectivity index (χ0) is 26.3. The molecule has 1 saturated heterocycles. The quantitative estimate of drug-likeness (QED) is 0.365. The number of rotatable bonds is 5. The van der Waals surface area contributed by atoms with Gasteiger partial charge >= 0.3 is 0 Å². The van der Waals surface area contributed by atoms with Crippen molar-refractivity contribution >= 4 is 22.7 Å². The van der Waals surface area contributed by atoms with Crippen LogP contribution >= 0.6 is 0 Å². The molecule has 6 rings (SSSR count). The molecule has 0 spiro atoms. The fourth-order valence-electron chi connectivity index (χ4n) is 5.12. The molecule has 9 nitrogen and oxygen atoms in total. The topological polar surface area (TPSA) is 125 Å². The third-order valence-corrected chi connectivity index (χ3v) is 7.07. The summed E-state index contributed by atoms with van der Waals surface area (Å²) in [5.74, 6) is -1.53. The molecular weight excluding hydrogens is 488 g/mol. The van der Waals surface area contributed by atoms with Gasteiger partial charge in [0.1, 0.15) is 11.8 Å². The summed E-state index contributed by atoms with van der Waals surface area (Å²) in [5.41, 5.74) is 17.3. The summed E-state index contributed by atoms with van der Waals surface area (Å²) in [6.07, 6.45) is 10.1. The second-order valence-corrected chi connectivity index (χ2v) is 9.55. The van der Waals surface area contributed by atoms with Crippen LogP contribution in [0.2, 0.25) is 0 Å². The molecule has 192 valence electrons. The highest BCUT2D eigenvalue weighted by Crippen LogP contribution is 2.35. The van der Waals surface area contributed by atoms with Crippen molar-refractivity contribution in [2.24, 2.45) is 5.73 Å². The molecule has 0 amide bonds. The van der Waals surface area contributed by atoms with Crippen molar-refractivity contribution in [2.45, 2.75) is 24.9 Å². The third kappa shape index (κ3) is 4.30. The van der Waals surface area contributed by atoms with Gasteiger partial charge in [-0.2, -0.15) is 0 Å². The van der Waals surface area contributed by atoms with Gasteiger partial charge < -0.3 is 20.9 Å². The number of nitrogen functional groups attached to an aromatic ring is 1. The van der Waals surface area contributed by atoms with Crippen molar-refractivity contribution in [1.29, 1.82) is 0 Å². The van der Waals surface area contributed by atoms with Crippen LogP contribution in [0.4, 0.5) is 20.3 Å². The van der Waals surface area contributed by atoms with E-state index in [1.165, 1.54) is 12.4 Å². The smallest absolute Gasteiger partial charge is 0.165 e. The molecule has 0 unspecified atom stereocenters. The summed E-state index contributed by atoms with van der Waals surface area (Å²) in [6.45, 7) is 1.77. The minimum Gasteiger partial charge on any atom is -0.382 e. The first-order valence-corrected chi connectivity index (χ1v) is 12.2. The first kappa shape index (κ1) is 23.9. The zero-order valence-electron chi connectivity index (χ0n) is 20.4. The maximum Gasteiger partial charge on any atom is 0.165 e. The fraction of sp³-hybridized carbons (Fsp3) is 0.222. The molecule has 1 aromatic carbocycles. The van der Waals surface area contributed by atoms with Crippen LogP contribution in [0.3, 0.4) is 0 Å². The Morgan fingerprint density at radius 2 is 1.82 bits per heavy atom. The molecular formula is C27H25F2N9. The van der Waals surface area contributed by atoms with E-state index >= 15 is 0 Å². The van der Waals surface area contributed by atoms with Crippen molar-refractivity contribution in [1.82, 2.24) is 29.5 Å². The molecule has 0 bridgehead atoms. The monoisotopic (exact) mass is 513 g/mol.